The Bertz CT molecular complexity index is 1620. The molecule has 0 saturated carbocycles. The lowest BCUT2D eigenvalue weighted by atomic mass is 10.2. The molecule has 0 fully saturated rings. The number of hydrogen-bond donors (Lipinski definition) is 4. The predicted molar refractivity (Wildman–Crippen MR) is 142 cm³/mol. The summed E-state index contributed by atoms with van der Waals surface area (Å²) >= 11 is 0. The number of aliphatic imine (C=N–C) groups is 1. The topological polar surface area (TPSA) is 161 Å². The lowest BCUT2D eigenvalue weighted by molar-refractivity contribution is 0.392. The van der Waals surface area contributed by atoms with E-state index in [0.29, 0.717) is 34.4 Å². The smallest absolute Gasteiger partial charge is 0.184 e. The molecule has 2 heterocycles. The maximum absolute atomic E-state index is 12.9. The number of methoxy groups -OCH3 is 1. The van der Waals surface area contributed by atoms with Crippen molar-refractivity contribution in [2.75, 3.05) is 12.4 Å². The molecule has 0 aliphatic heterocycles. The van der Waals surface area contributed by atoms with Gasteiger partial charge >= 0.3 is 0 Å². The number of H-pyrrole nitrogens is 1. The number of aryl methyl sites for hydroxylation is 2. The van der Waals surface area contributed by atoms with Crippen molar-refractivity contribution in [3.05, 3.63) is 84.3 Å². The Morgan fingerprint density at radius 2 is 2.05 bits per heavy atom. The number of rotatable bonds is 10. The van der Waals surface area contributed by atoms with Gasteiger partial charge in [0.05, 0.1) is 40.4 Å². The highest BCUT2D eigenvalue weighted by molar-refractivity contribution is 7.90. The molecule has 2 aromatic carbocycles. The molecular formula is C25H27N7O4S. The number of hydrogen-bond acceptors (Lipinski definition) is 9. The van der Waals surface area contributed by atoms with E-state index in [0.717, 1.165) is 16.6 Å². The number of aromatic nitrogens is 3. The molecule has 5 N–H and O–H groups in total. The van der Waals surface area contributed by atoms with Crippen LogP contribution in [0.2, 0.25) is 0 Å². The van der Waals surface area contributed by atoms with Gasteiger partial charge in [-0.25, -0.2) is 13.4 Å². The highest BCUT2D eigenvalue weighted by atomic mass is 32.2. The molecule has 0 atom stereocenters. The van der Waals surface area contributed by atoms with Crippen LogP contribution in [0.3, 0.4) is 0 Å². The van der Waals surface area contributed by atoms with E-state index >= 15 is 0 Å². The van der Waals surface area contributed by atoms with E-state index < -0.39 is 9.84 Å². The molecule has 0 bridgehead atoms. The van der Waals surface area contributed by atoms with Crippen LogP contribution >= 0.6 is 0 Å². The number of ether oxygens (including phenoxy) is 1. The first-order chi connectivity index (χ1) is 17.6. The van der Waals surface area contributed by atoms with Gasteiger partial charge in [0.15, 0.2) is 9.84 Å². The first kappa shape index (κ1) is 25.5. The van der Waals surface area contributed by atoms with Crippen LogP contribution in [0.1, 0.15) is 17.1 Å². The van der Waals surface area contributed by atoms with Crippen LogP contribution in [0.25, 0.3) is 10.9 Å². The first-order valence-electron chi connectivity index (χ1n) is 11.2. The maximum Gasteiger partial charge on any atom is 0.184 e. The van der Waals surface area contributed by atoms with Gasteiger partial charge in [-0.2, -0.15) is 5.10 Å². The molecule has 0 aliphatic rings. The normalized spacial score (nSPS) is 12.2. The predicted octanol–water partition coefficient (Wildman–Crippen LogP) is 3.83. The fourth-order valence-electron chi connectivity index (χ4n) is 3.56. The summed E-state index contributed by atoms with van der Waals surface area (Å²) in [5.74, 6) is 1.31. The number of benzene rings is 2. The lowest BCUT2D eigenvalue weighted by Crippen LogP contribution is -2.15. The van der Waals surface area contributed by atoms with E-state index in [1.165, 1.54) is 19.2 Å². The van der Waals surface area contributed by atoms with Crippen molar-refractivity contribution in [2.45, 2.75) is 24.5 Å². The van der Waals surface area contributed by atoms with Crippen molar-refractivity contribution >= 4 is 38.0 Å². The third kappa shape index (κ3) is 6.16. The van der Waals surface area contributed by atoms with Gasteiger partial charge in [0.1, 0.15) is 23.1 Å². The number of sulfone groups is 1. The molecule has 0 radical (unpaired) electrons. The Morgan fingerprint density at radius 1 is 1.24 bits per heavy atom. The summed E-state index contributed by atoms with van der Waals surface area (Å²) in [6, 6.07) is 11.7. The highest BCUT2D eigenvalue weighted by Gasteiger charge is 2.20. The zero-order valence-corrected chi connectivity index (χ0v) is 21.4. The van der Waals surface area contributed by atoms with Crippen LogP contribution in [0.5, 0.6) is 5.75 Å². The quantitative estimate of drug-likeness (QED) is 0.180. The lowest BCUT2D eigenvalue weighted by Gasteiger charge is -2.14. The molecule has 0 amide bonds. The van der Waals surface area contributed by atoms with Gasteiger partial charge in [-0.05, 0) is 56.3 Å². The Morgan fingerprint density at radius 3 is 2.78 bits per heavy atom. The average molecular weight is 522 g/mol. The van der Waals surface area contributed by atoms with Crippen molar-refractivity contribution < 1.29 is 17.7 Å². The molecule has 11 nitrogen and oxygen atoms in total. The Balaban J connectivity index is 1.42. The third-order valence-corrected chi connectivity index (χ3v) is 6.98. The van der Waals surface area contributed by atoms with E-state index in [4.69, 9.17) is 15.0 Å². The largest absolute Gasteiger partial charge is 0.495 e. The van der Waals surface area contributed by atoms with Crippen LogP contribution in [0, 0.1) is 13.8 Å². The zero-order valence-electron chi connectivity index (χ0n) is 20.6. The van der Waals surface area contributed by atoms with E-state index in [9.17, 15) is 8.42 Å². The molecular weight excluding hydrogens is 494 g/mol. The summed E-state index contributed by atoms with van der Waals surface area (Å²) < 4.78 is 36.1. The Labute approximate surface area is 214 Å². The van der Waals surface area contributed by atoms with Crippen LogP contribution < -0.4 is 21.1 Å². The van der Waals surface area contributed by atoms with Crippen LogP contribution in [-0.2, 0) is 15.6 Å². The fraction of sp³-hybridized carbons (Fsp3) is 0.160. The van der Waals surface area contributed by atoms with Gasteiger partial charge in [0.2, 0.25) is 0 Å². The van der Waals surface area contributed by atoms with Crippen LogP contribution in [0.4, 0.5) is 11.4 Å². The second kappa shape index (κ2) is 10.6. The SMILES string of the molecule is C=C(NC=CC(N)=Nc1ccc2c(C)[nH]nc2c1)Nc1cc(S(=O)(=O)Cc2cc(C)on2)ccc1OC. The average Bonchev–Trinajstić information content (AvgIpc) is 3.43. The third-order valence-electron chi connectivity index (χ3n) is 5.33. The minimum absolute atomic E-state index is 0.0975. The van der Waals surface area contributed by atoms with Gasteiger partial charge in [0.25, 0.3) is 0 Å². The van der Waals surface area contributed by atoms with Gasteiger partial charge < -0.3 is 25.6 Å². The molecule has 192 valence electrons. The maximum atomic E-state index is 12.9. The molecule has 0 spiro atoms. The van der Waals surface area contributed by atoms with Crippen LogP contribution in [-0.4, -0.2) is 36.7 Å². The Kier molecular flexibility index (Phi) is 7.30. The summed E-state index contributed by atoms with van der Waals surface area (Å²) in [4.78, 5) is 4.46. The number of aromatic amines is 1. The van der Waals surface area contributed by atoms with Gasteiger partial charge in [0, 0.05) is 23.3 Å². The standard InChI is InChI=1S/C25H27N7O4S/c1-15-11-19(32-36-15)14-37(33,34)20-6-8-24(35-4)23(13-20)28-17(3)27-10-9-25(26)29-18-5-7-21-16(2)30-31-22(21)12-18/h5-13,27-28H,3,14H2,1-2,4H3,(H2,26,29)(H,30,31). The van der Waals surface area contributed by atoms with E-state index in [-0.39, 0.29) is 16.5 Å². The van der Waals surface area contributed by atoms with Crippen molar-refractivity contribution in [1.29, 1.82) is 0 Å². The van der Waals surface area contributed by atoms with Gasteiger partial charge in [-0.15, -0.1) is 0 Å². The number of fused-ring (bicyclic) bond motifs is 1. The number of amidine groups is 1. The number of anilines is 1. The summed E-state index contributed by atoms with van der Waals surface area (Å²) in [7, 11) is -2.19. The summed E-state index contributed by atoms with van der Waals surface area (Å²) in [6.45, 7) is 7.56. The minimum Gasteiger partial charge on any atom is -0.495 e. The molecule has 37 heavy (non-hydrogen) atoms. The molecule has 0 saturated heterocycles. The van der Waals surface area contributed by atoms with Crippen molar-refractivity contribution in [3.8, 4) is 5.75 Å². The molecule has 0 unspecified atom stereocenters. The van der Waals surface area contributed by atoms with E-state index in [2.05, 4.69) is 37.6 Å². The number of nitrogens with two attached hydrogens (primary N) is 1. The molecule has 0 aliphatic carbocycles. The summed E-state index contributed by atoms with van der Waals surface area (Å²) in [6.07, 6.45) is 3.14. The molecule has 4 rings (SSSR count). The van der Waals surface area contributed by atoms with Crippen LogP contribution in [0.15, 0.2) is 81.6 Å². The van der Waals surface area contributed by atoms with Crippen molar-refractivity contribution in [1.82, 2.24) is 20.7 Å². The van der Waals surface area contributed by atoms with E-state index in [1.54, 1.807) is 31.3 Å². The molecule has 2 aromatic heterocycles. The zero-order chi connectivity index (χ0) is 26.6. The van der Waals surface area contributed by atoms with Gasteiger partial charge in [-0.1, -0.05) is 11.7 Å². The van der Waals surface area contributed by atoms with E-state index in [1.807, 2.05) is 25.1 Å². The Hall–Kier alpha value is -4.58. The monoisotopic (exact) mass is 521 g/mol. The summed E-state index contributed by atoms with van der Waals surface area (Å²) in [5.41, 5.74) is 9.22. The molecule has 4 aromatic rings. The fourth-order valence-corrected chi connectivity index (χ4v) is 4.82. The number of nitrogens with one attached hydrogen (secondary N) is 3. The second-order valence-electron chi connectivity index (χ2n) is 8.22. The second-order valence-corrected chi connectivity index (χ2v) is 10.2. The van der Waals surface area contributed by atoms with Crippen molar-refractivity contribution in [3.63, 3.8) is 0 Å². The first-order valence-corrected chi connectivity index (χ1v) is 12.8. The number of nitrogens with zero attached hydrogens (tertiary/aromatic N) is 3. The van der Waals surface area contributed by atoms with Crippen molar-refractivity contribution in [2.24, 2.45) is 10.7 Å². The highest BCUT2D eigenvalue weighted by Crippen LogP contribution is 2.29. The summed E-state index contributed by atoms with van der Waals surface area (Å²) in [5, 5.41) is 17.9. The van der Waals surface area contributed by atoms with Gasteiger partial charge in [-0.3, -0.25) is 5.10 Å². The molecule has 12 heteroatoms. The minimum atomic E-state index is -3.67.